The fourth-order valence-electron chi connectivity index (χ4n) is 1.45. The zero-order chi connectivity index (χ0) is 10.1. The summed E-state index contributed by atoms with van der Waals surface area (Å²) in [5.41, 5.74) is 0.722. The summed E-state index contributed by atoms with van der Waals surface area (Å²) in [6.07, 6.45) is 0. The van der Waals surface area contributed by atoms with Gasteiger partial charge in [0, 0.05) is 10.1 Å². The lowest BCUT2D eigenvalue weighted by molar-refractivity contribution is 0.283. The van der Waals surface area contributed by atoms with Gasteiger partial charge in [0.2, 0.25) is 5.06 Å². The van der Waals surface area contributed by atoms with Gasteiger partial charge in [-0.25, -0.2) is 0 Å². The minimum atomic E-state index is -0.0786. The van der Waals surface area contributed by atoms with Crippen LogP contribution >= 0.6 is 11.3 Å². The van der Waals surface area contributed by atoms with Crippen molar-refractivity contribution in [3.63, 3.8) is 0 Å². The van der Waals surface area contributed by atoms with Crippen LogP contribution in [0.25, 0.3) is 10.1 Å². The summed E-state index contributed by atoms with van der Waals surface area (Å²) in [4.78, 5) is 0. The minimum absolute atomic E-state index is 0.0786. The van der Waals surface area contributed by atoms with E-state index in [9.17, 15) is 5.11 Å². The van der Waals surface area contributed by atoms with Crippen LogP contribution in [-0.2, 0) is 6.61 Å². The Balaban J connectivity index is 2.79. The molecule has 0 bridgehead atoms. The van der Waals surface area contributed by atoms with Crippen molar-refractivity contribution in [3.8, 4) is 10.8 Å². The third kappa shape index (κ3) is 1.23. The third-order valence-corrected chi connectivity index (χ3v) is 3.21. The Kier molecular flexibility index (Phi) is 2.31. The third-order valence-electron chi connectivity index (χ3n) is 2.10. The highest BCUT2D eigenvalue weighted by atomic mass is 32.1. The number of benzene rings is 1. The second-order valence-electron chi connectivity index (χ2n) is 2.89. The fraction of sp³-hybridized carbons (Fsp3) is 0.200. The van der Waals surface area contributed by atoms with Crippen molar-refractivity contribution >= 4 is 21.4 Å². The van der Waals surface area contributed by atoms with E-state index in [2.05, 4.69) is 0 Å². The van der Waals surface area contributed by atoms with Gasteiger partial charge in [-0.2, -0.15) is 0 Å². The average Bonchev–Trinajstić information content (AvgIpc) is 2.55. The molecule has 2 N–H and O–H groups in total. The van der Waals surface area contributed by atoms with Gasteiger partial charge < -0.3 is 14.9 Å². The molecule has 0 saturated heterocycles. The van der Waals surface area contributed by atoms with E-state index in [1.54, 1.807) is 6.07 Å². The van der Waals surface area contributed by atoms with Crippen LogP contribution in [0.3, 0.4) is 0 Å². The standard InChI is InChI=1S/C10H10O3S/c1-13-10-9(12)8-6(5-11)3-2-4-7(8)14-10/h2-4,11-12H,5H2,1H3. The molecule has 0 atom stereocenters. The first-order valence-electron chi connectivity index (χ1n) is 4.16. The molecule has 0 spiro atoms. The molecule has 0 amide bonds. The second kappa shape index (κ2) is 3.48. The van der Waals surface area contributed by atoms with Gasteiger partial charge >= 0.3 is 0 Å². The molecule has 2 aromatic rings. The van der Waals surface area contributed by atoms with E-state index >= 15 is 0 Å². The number of aliphatic hydroxyl groups is 1. The van der Waals surface area contributed by atoms with E-state index in [1.807, 2.05) is 12.1 Å². The van der Waals surface area contributed by atoms with Crippen LogP contribution in [0.1, 0.15) is 5.56 Å². The van der Waals surface area contributed by atoms with Crippen LogP contribution in [0.5, 0.6) is 10.8 Å². The Morgan fingerprint density at radius 2 is 2.21 bits per heavy atom. The van der Waals surface area contributed by atoms with Crippen LogP contribution in [0.2, 0.25) is 0 Å². The number of aromatic hydroxyl groups is 1. The summed E-state index contributed by atoms with van der Waals surface area (Å²) in [6.45, 7) is -0.0786. The van der Waals surface area contributed by atoms with E-state index in [1.165, 1.54) is 18.4 Å². The van der Waals surface area contributed by atoms with Crippen molar-refractivity contribution < 1.29 is 14.9 Å². The summed E-state index contributed by atoms with van der Waals surface area (Å²) >= 11 is 1.37. The van der Waals surface area contributed by atoms with E-state index in [4.69, 9.17) is 9.84 Å². The van der Waals surface area contributed by atoms with Crippen LogP contribution < -0.4 is 4.74 Å². The van der Waals surface area contributed by atoms with Crippen molar-refractivity contribution in [2.75, 3.05) is 7.11 Å². The number of hydrogen-bond acceptors (Lipinski definition) is 4. The number of aliphatic hydroxyl groups excluding tert-OH is 1. The normalized spacial score (nSPS) is 10.7. The molecule has 3 nitrogen and oxygen atoms in total. The Labute approximate surface area is 85.2 Å². The molecular formula is C10H10O3S. The SMILES string of the molecule is COc1sc2cccc(CO)c2c1O. The largest absolute Gasteiger partial charge is 0.503 e. The summed E-state index contributed by atoms with van der Waals surface area (Å²) < 4.78 is 5.94. The number of thiophene rings is 1. The zero-order valence-electron chi connectivity index (χ0n) is 7.65. The lowest BCUT2D eigenvalue weighted by atomic mass is 10.1. The van der Waals surface area contributed by atoms with Gasteiger partial charge in [0.25, 0.3) is 0 Å². The average molecular weight is 210 g/mol. The molecule has 0 aliphatic heterocycles. The first-order valence-corrected chi connectivity index (χ1v) is 4.97. The molecule has 74 valence electrons. The lowest BCUT2D eigenvalue weighted by Gasteiger charge is -1.99. The van der Waals surface area contributed by atoms with Gasteiger partial charge in [-0.15, -0.1) is 0 Å². The fourth-order valence-corrected chi connectivity index (χ4v) is 2.41. The lowest BCUT2D eigenvalue weighted by Crippen LogP contribution is -1.83. The van der Waals surface area contributed by atoms with E-state index in [-0.39, 0.29) is 12.4 Å². The molecule has 4 heteroatoms. The molecular weight excluding hydrogens is 200 g/mol. The Hall–Kier alpha value is -1.26. The zero-order valence-corrected chi connectivity index (χ0v) is 8.47. The summed E-state index contributed by atoms with van der Waals surface area (Å²) in [5.74, 6) is 0.122. The number of rotatable bonds is 2. The van der Waals surface area contributed by atoms with E-state index < -0.39 is 0 Å². The van der Waals surface area contributed by atoms with Crippen molar-refractivity contribution in [3.05, 3.63) is 23.8 Å². The molecule has 0 aliphatic rings. The summed E-state index contributed by atoms with van der Waals surface area (Å²) in [7, 11) is 1.52. The molecule has 1 heterocycles. The number of fused-ring (bicyclic) bond motifs is 1. The number of hydrogen-bond donors (Lipinski definition) is 2. The highest BCUT2D eigenvalue weighted by Gasteiger charge is 2.13. The second-order valence-corrected chi connectivity index (χ2v) is 3.91. The molecule has 0 saturated carbocycles. The van der Waals surface area contributed by atoms with Gasteiger partial charge in [0.05, 0.1) is 13.7 Å². The maximum atomic E-state index is 9.78. The van der Waals surface area contributed by atoms with Crippen LogP contribution in [-0.4, -0.2) is 17.3 Å². The van der Waals surface area contributed by atoms with Gasteiger partial charge in [0.15, 0.2) is 5.75 Å². The monoisotopic (exact) mass is 210 g/mol. The van der Waals surface area contributed by atoms with Crippen LogP contribution in [0.4, 0.5) is 0 Å². The Morgan fingerprint density at radius 1 is 1.43 bits per heavy atom. The van der Waals surface area contributed by atoms with Gasteiger partial charge in [-0.05, 0) is 11.6 Å². The Bertz CT molecular complexity index is 462. The number of methoxy groups -OCH3 is 1. The van der Waals surface area contributed by atoms with Crippen molar-refractivity contribution in [1.29, 1.82) is 0 Å². The molecule has 0 radical (unpaired) electrons. The minimum Gasteiger partial charge on any atom is -0.503 e. The van der Waals surface area contributed by atoms with Gasteiger partial charge in [-0.1, -0.05) is 23.5 Å². The van der Waals surface area contributed by atoms with E-state index in [0.717, 1.165) is 10.3 Å². The maximum Gasteiger partial charge on any atom is 0.217 e. The highest BCUT2D eigenvalue weighted by Crippen LogP contribution is 2.44. The molecule has 1 aromatic heterocycles. The first kappa shape index (κ1) is 9.30. The molecule has 0 unspecified atom stereocenters. The van der Waals surface area contributed by atoms with Gasteiger partial charge in [-0.3, -0.25) is 0 Å². The van der Waals surface area contributed by atoms with E-state index in [0.29, 0.717) is 10.4 Å². The van der Waals surface area contributed by atoms with Gasteiger partial charge in [0.1, 0.15) is 0 Å². The first-order chi connectivity index (χ1) is 6.77. The van der Waals surface area contributed by atoms with Crippen LogP contribution in [0.15, 0.2) is 18.2 Å². The topological polar surface area (TPSA) is 49.7 Å². The molecule has 14 heavy (non-hydrogen) atoms. The number of ether oxygens (including phenoxy) is 1. The molecule has 0 aliphatic carbocycles. The predicted molar refractivity (Wildman–Crippen MR) is 56.0 cm³/mol. The predicted octanol–water partition coefficient (Wildman–Crippen LogP) is 2.11. The van der Waals surface area contributed by atoms with Crippen molar-refractivity contribution in [1.82, 2.24) is 0 Å². The highest BCUT2D eigenvalue weighted by molar-refractivity contribution is 7.21. The molecule has 0 fully saturated rings. The molecule has 1 aromatic carbocycles. The smallest absolute Gasteiger partial charge is 0.217 e. The molecule has 2 rings (SSSR count). The summed E-state index contributed by atoms with van der Waals surface area (Å²) in [5, 5.41) is 20.0. The quantitative estimate of drug-likeness (QED) is 0.798. The van der Waals surface area contributed by atoms with Crippen molar-refractivity contribution in [2.45, 2.75) is 6.61 Å². The Morgan fingerprint density at radius 3 is 2.86 bits per heavy atom. The maximum absolute atomic E-state index is 9.78. The summed E-state index contributed by atoms with van der Waals surface area (Å²) in [6, 6.07) is 5.53. The van der Waals surface area contributed by atoms with Crippen molar-refractivity contribution in [2.24, 2.45) is 0 Å². The van der Waals surface area contributed by atoms with Crippen LogP contribution in [0, 0.1) is 0 Å².